The van der Waals surface area contributed by atoms with Gasteiger partial charge >= 0.3 is 0 Å². The minimum absolute atomic E-state index is 0.316. The number of hydrogen-bond donors (Lipinski definition) is 2. The fourth-order valence-electron chi connectivity index (χ4n) is 2.93. The second-order valence-corrected chi connectivity index (χ2v) is 6.14. The van der Waals surface area contributed by atoms with Crippen LogP contribution < -0.4 is 10.6 Å². The molecule has 2 aromatic heterocycles. The second kappa shape index (κ2) is 6.92. The molecule has 0 aliphatic heterocycles. The summed E-state index contributed by atoms with van der Waals surface area (Å²) in [5, 5.41) is 6.12. The molecule has 2 aromatic carbocycles. The third-order valence-electron chi connectivity index (χ3n) is 4.18. The number of carbonyl (C=O) groups excluding carboxylic acids is 1. The number of imidazole rings is 1. The van der Waals surface area contributed by atoms with Crippen LogP contribution in [0, 0.1) is 12.7 Å². The van der Waals surface area contributed by atoms with Gasteiger partial charge in [0.25, 0.3) is 5.91 Å². The Morgan fingerprint density at radius 2 is 1.59 bits per heavy atom. The lowest BCUT2D eigenvalue weighted by Crippen LogP contribution is -2.15. The van der Waals surface area contributed by atoms with E-state index in [1.54, 1.807) is 13.0 Å². The number of para-hydroxylation sites is 1. The van der Waals surface area contributed by atoms with E-state index in [0.717, 1.165) is 11.4 Å². The smallest absolute Gasteiger partial charge is 0.274 e. The molecule has 0 bridgehead atoms. The van der Waals surface area contributed by atoms with Crippen LogP contribution in [0.25, 0.3) is 5.65 Å². The molecule has 0 aliphatic carbocycles. The maximum Gasteiger partial charge on any atom is 0.274 e. The Morgan fingerprint density at radius 3 is 2.33 bits per heavy atom. The number of amides is 1. The average Bonchev–Trinajstić information content (AvgIpc) is 2.99. The van der Waals surface area contributed by atoms with E-state index in [1.165, 1.54) is 16.7 Å². The molecule has 4 aromatic rings. The molecule has 6 heteroatoms. The highest BCUT2D eigenvalue weighted by Crippen LogP contribution is 2.20. The molecule has 1 amide bonds. The van der Waals surface area contributed by atoms with Crippen molar-refractivity contribution in [2.45, 2.75) is 6.92 Å². The van der Waals surface area contributed by atoms with E-state index in [-0.39, 0.29) is 5.91 Å². The number of carbonyl (C=O) groups is 1. The molecular weight excluding hydrogens is 343 g/mol. The zero-order valence-corrected chi connectivity index (χ0v) is 14.6. The summed E-state index contributed by atoms with van der Waals surface area (Å²) in [4.78, 5) is 17.0. The molecule has 4 rings (SSSR count). The highest BCUT2D eigenvalue weighted by atomic mass is 19.1. The zero-order valence-electron chi connectivity index (χ0n) is 14.6. The quantitative estimate of drug-likeness (QED) is 0.551. The lowest BCUT2D eigenvalue weighted by molar-refractivity contribution is 0.102. The lowest BCUT2D eigenvalue weighted by Gasteiger charge is -2.09. The molecule has 0 spiro atoms. The van der Waals surface area contributed by atoms with Crippen molar-refractivity contribution in [3.8, 4) is 0 Å². The summed E-state index contributed by atoms with van der Waals surface area (Å²) in [5.41, 5.74) is 3.92. The molecule has 0 atom stereocenters. The fraction of sp³-hybridized carbons (Fsp3) is 0.0476. The van der Waals surface area contributed by atoms with Crippen molar-refractivity contribution in [3.05, 3.63) is 90.1 Å². The molecule has 0 fully saturated rings. The van der Waals surface area contributed by atoms with E-state index >= 15 is 0 Å². The van der Waals surface area contributed by atoms with Gasteiger partial charge in [-0.25, -0.2) is 9.37 Å². The number of nitrogens with one attached hydrogen (secondary N) is 2. The summed E-state index contributed by atoms with van der Waals surface area (Å²) in [7, 11) is 0. The molecule has 134 valence electrons. The predicted octanol–water partition coefficient (Wildman–Crippen LogP) is 4.78. The van der Waals surface area contributed by atoms with Crippen LogP contribution in [0.15, 0.2) is 72.9 Å². The highest BCUT2D eigenvalue weighted by molar-refractivity contribution is 6.04. The van der Waals surface area contributed by atoms with Gasteiger partial charge in [-0.1, -0.05) is 18.2 Å². The summed E-state index contributed by atoms with van der Waals surface area (Å²) in [6.45, 7) is 1.73. The van der Waals surface area contributed by atoms with Crippen LogP contribution in [0.2, 0.25) is 0 Å². The van der Waals surface area contributed by atoms with Gasteiger partial charge in [-0.2, -0.15) is 0 Å². The number of nitrogens with zero attached hydrogens (tertiary/aromatic N) is 2. The summed E-state index contributed by atoms with van der Waals surface area (Å²) < 4.78 is 15.0. The van der Waals surface area contributed by atoms with Crippen molar-refractivity contribution in [2.24, 2.45) is 0 Å². The van der Waals surface area contributed by atoms with Crippen LogP contribution in [-0.4, -0.2) is 15.3 Å². The first-order valence-electron chi connectivity index (χ1n) is 8.48. The van der Waals surface area contributed by atoms with Gasteiger partial charge in [0.15, 0.2) is 0 Å². The molecule has 2 N–H and O–H groups in total. The Bertz CT molecular complexity index is 1100. The second-order valence-electron chi connectivity index (χ2n) is 6.14. The van der Waals surface area contributed by atoms with Crippen molar-refractivity contribution in [3.63, 3.8) is 0 Å². The van der Waals surface area contributed by atoms with Gasteiger partial charge in [0.05, 0.1) is 5.69 Å². The number of pyridine rings is 1. The lowest BCUT2D eigenvalue weighted by atomic mass is 10.2. The third kappa shape index (κ3) is 3.50. The molecule has 5 nitrogen and oxygen atoms in total. The maximum atomic E-state index is 13.6. The summed E-state index contributed by atoms with van der Waals surface area (Å²) >= 11 is 0. The Hall–Kier alpha value is -3.67. The van der Waals surface area contributed by atoms with Crippen molar-refractivity contribution < 1.29 is 9.18 Å². The molecule has 0 radical (unpaired) electrons. The Morgan fingerprint density at radius 1 is 0.926 bits per heavy atom. The van der Waals surface area contributed by atoms with E-state index in [0.29, 0.717) is 22.7 Å². The van der Waals surface area contributed by atoms with Gasteiger partial charge in [0.1, 0.15) is 17.2 Å². The number of aryl methyl sites for hydroxylation is 1. The number of anilines is 3. The molecular formula is C21H17FN4O. The average molecular weight is 360 g/mol. The van der Waals surface area contributed by atoms with Gasteiger partial charge in [0, 0.05) is 23.3 Å². The first-order valence-corrected chi connectivity index (χ1v) is 8.48. The van der Waals surface area contributed by atoms with Crippen LogP contribution in [0.5, 0.6) is 0 Å². The zero-order chi connectivity index (χ0) is 18.8. The minimum Gasteiger partial charge on any atom is -0.356 e. The van der Waals surface area contributed by atoms with Gasteiger partial charge < -0.3 is 10.6 Å². The van der Waals surface area contributed by atoms with Crippen LogP contribution in [0.1, 0.15) is 16.2 Å². The molecule has 0 aliphatic rings. The topological polar surface area (TPSA) is 58.4 Å². The van der Waals surface area contributed by atoms with Crippen molar-refractivity contribution >= 4 is 28.6 Å². The molecule has 27 heavy (non-hydrogen) atoms. The van der Waals surface area contributed by atoms with Crippen LogP contribution in [0.3, 0.4) is 0 Å². The Balaban J connectivity index is 1.53. The maximum absolute atomic E-state index is 13.6. The normalized spacial score (nSPS) is 10.7. The van der Waals surface area contributed by atoms with Crippen LogP contribution in [0.4, 0.5) is 21.5 Å². The standard InChI is InChI=1S/C21H17FN4O/c1-14-20(26-13-15(22)7-12-19(26)23-14)21(27)25-18-10-8-17(9-11-18)24-16-5-3-2-4-6-16/h2-13,24H,1H3,(H,25,27). The Labute approximate surface area is 155 Å². The van der Waals surface area contributed by atoms with E-state index in [9.17, 15) is 9.18 Å². The van der Waals surface area contributed by atoms with E-state index in [1.807, 2.05) is 54.6 Å². The highest BCUT2D eigenvalue weighted by Gasteiger charge is 2.17. The minimum atomic E-state index is -0.426. The first kappa shape index (κ1) is 16.8. The number of hydrogen-bond acceptors (Lipinski definition) is 3. The third-order valence-corrected chi connectivity index (χ3v) is 4.18. The number of fused-ring (bicyclic) bond motifs is 1. The number of rotatable bonds is 4. The largest absolute Gasteiger partial charge is 0.356 e. The van der Waals surface area contributed by atoms with E-state index in [2.05, 4.69) is 15.6 Å². The molecule has 0 saturated carbocycles. The summed E-state index contributed by atoms with van der Waals surface area (Å²) in [5.74, 6) is -0.764. The number of halogens is 1. The van der Waals surface area contributed by atoms with Crippen molar-refractivity contribution in [2.75, 3.05) is 10.6 Å². The monoisotopic (exact) mass is 360 g/mol. The number of benzene rings is 2. The van der Waals surface area contributed by atoms with Gasteiger partial charge in [-0.15, -0.1) is 0 Å². The molecule has 0 unspecified atom stereocenters. The first-order chi connectivity index (χ1) is 13.1. The van der Waals surface area contributed by atoms with Gasteiger partial charge in [-0.3, -0.25) is 9.20 Å². The SMILES string of the molecule is Cc1nc2ccc(F)cn2c1C(=O)Nc1ccc(Nc2ccccc2)cc1. The van der Waals surface area contributed by atoms with E-state index < -0.39 is 5.82 Å². The van der Waals surface area contributed by atoms with Crippen molar-refractivity contribution in [1.82, 2.24) is 9.38 Å². The van der Waals surface area contributed by atoms with Crippen LogP contribution >= 0.6 is 0 Å². The van der Waals surface area contributed by atoms with Gasteiger partial charge in [0.2, 0.25) is 0 Å². The van der Waals surface area contributed by atoms with Gasteiger partial charge in [-0.05, 0) is 55.5 Å². The predicted molar refractivity (Wildman–Crippen MR) is 104 cm³/mol. The fourth-order valence-corrected chi connectivity index (χ4v) is 2.93. The molecule has 2 heterocycles. The molecule has 0 saturated heterocycles. The Kier molecular flexibility index (Phi) is 4.30. The van der Waals surface area contributed by atoms with Crippen molar-refractivity contribution in [1.29, 1.82) is 0 Å². The summed E-state index contributed by atoms with van der Waals surface area (Å²) in [6, 6.07) is 20.1. The van der Waals surface area contributed by atoms with E-state index in [4.69, 9.17) is 0 Å². The summed E-state index contributed by atoms with van der Waals surface area (Å²) in [6.07, 6.45) is 1.26. The van der Waals surface area contributed by atoms with Crippen LogP contribution in [-0.2, 0) is 0 Å². The number of aromatic nitrogens is 2.